The van der Waals surface area contributed by atoms with Crippen LogP contribution in [0, 0.1) is 10.1 Å². The highest BCUT2D eigenvalue weighted by Gasteiger charge is 2.09. The third-order valence-corrected chi connectivity index (χ3v) is 2.26. The molecule has 0 bridgehead atoms. The highest BCUT2D eigenvalue weighted by Crippen LogP contribution is 2.21. The zero-order valence-electron chi connectivity index (χ0n) is 9.66. The molecule has 0 unspecified atom stereocenters. The fourth-order valence-electron chi connectivity index (χ4n) is 1.44. The Hall–Kier alpha value is -2.63. The smallest absolute Gasteiger partial charge is 0.365 e. The van der Waals surface area contributed by atoms with E-state index in [-0.39, 0.29) is 5.82 Å². The lowest BCUT2D eigenvalue weighted by Gasteiger charge is -2.04. The van der Waals surface area contributed by atoms with E-state index in [1.54, 1.807) is 25.3 Å². The monoisotopic (exact) mass is 245 g/mol. The number of pyridine rings is 1. The number of anilines is 2. The Morgan fingerprint density at radius 2 is 2.06 bits per heavy atom. The van der Waals surface area contributed by atoms with E-state index in [4.69, 9.17) is 4.74 Å². The highest BCUT2D eigenvalue weighted by molar-refractivity contribution is 5.58. The van der Waals surface area contributed by atoms with Gasteiger partial charge < -0.3 is 20.2 Å². The van der Waals surface area contributed by atoms with E-state index in [0.717, 1.165) is 5.69 Å². The summed E-state index contributed by atoms with van der Waals surface area (Å²) < 4.78 is 5.09. The summed E-state index contributed by atoms with van der Waals surface area (Å²) in [5, 5.41) is 13.6. The van der Waals surface area contributed by atoms with Crippen LogP contribution in [0.5, 0.6) is 5.75 Å². The molecule has 1 heterocycles. The predicted molar refractivity (Wildman–Crippen MR) is 67.2 cm³/mol. The number of hydrogen-bond donors (Lipinski definition) is 1. The van der Waals surface area contributed by atoms with E-state index < -0.39 is 4.92 Å². The molecular formula is C12H11N3O3. The SMILES string of the molecule is COc1cccc(Nc2cccc([N+](=O)[O-])n2)c1. The lowest BCUT2D eigenvalue weighted by Crippen LogP contribution is -1.97. The summed E-state index contributed by atoms with van der Waals surface area (Å²) >= 11 is 0. The highest BCUT2D eigenvalue weighted by atomic mass is 16.6. The van der Waals surface area contributed by atoms with Crippen LogP contribution in [0.4, 0.5) is 17.3 Å². The summed E-state index contributed by atoms with van der Waals surface area (Å²) in [4.78, 5) is 13.9. The van der Waals surface area contributed by atoms with E-state index in [0.29, 0.717) is 11.6 Å². The molecule has 92 valence electrons. The van der Waals surface area contributed by atoms with Gasteiger partial charge in [0, 0.05) is 23.9 Å². The molecule has 0 aliphatic rings. The van der Waals surface area contributed by atoms with Crippen molar-refractivity contribution in [3.63, 3.8) is 0 Å². The topological polar surface area (TPSA) is 77.3 Å². The van der Waals surface area contributed by atoms with Crippen molar-refractivity contribution in [2.45, 2.75) is 0 Å². The van der Waals surface area contributed by atoms with Gasteiger partial charge in [-0.25, -0.2) is 0 Å². The number of benzene rings is 1. The fourth-order valence-corrected chi connectivity index (χ4v) is 1.44. The standard InChI is InChI=1S/C12H11N3O3/c1-18-10-5-2-4-9(8-10)13-11-6-3-7-12(14-11)15(16)17/h2-8H,1H3,(H,13,14). The van der Waals surface area contributed by atoms with Crippen LogP contribution >= 0.6 is 0 Å². The minimum atomic E-state index is -0.531. The maximum atomic E-state index is 10.6. The van der Waals surface area contributed by atoms with Crippen LogP contribution in [0.25, 0.3) is 0 Å². The number of hydrogen-bond acceptors (Lipinski definition) is 5. The van der Waals surface area contributed by atoms with Crippen LogP contribution in [0.15, 0.2) is 42.5 Å². The summed E-state index contributed by atoms with van der Waals surface area (Å²) in [7, 11) is 1.57. The number of nitrogens with one attached hydrogen (secondary N) is 1. The average Bonchev–Trinajstić information content (AvgIpc) is 2.39. The van der Waals surface area contributed by atoms with E-state index in [2.05, 4.69) is 10.3 Å². The van der Waals surface area contributed by atoms with Crippen molar-refractivity contribution in [3.05, 3.63) is 52.6 Å². The number of aromatic nitrogens is 1. The van der Waals surface area contributed by atoms with Gasteiger partial charge in [0.15, 0.2) is 0 Å². The van der Waals surface area contributed by atoms with Crippen molar-refractivity contribution < 1.29 is 9.66 Å². The second-order valence-corrected chi connectivity index (χ2v) is 3.50. The van der Waals surface area contributed by atoms with Crippen LogP contribution in [-0.2, 0) is 0 Å². The lowest BCUT2D eigenvalue weighted by atomic mass is 10.3. The number of nitrogens with zero attached hydrogens (tertiary/aromatic N) is 2. The predicted octanol–water partition coefficient (Wildman–Crippen LogP) is 2.74. The lowest BCUT2D eigenvalue weighted by molar-refractivity contribution is -0.389. The molecule has 6 heteroatoms. The maximum Gasteiger partial charge on any atom is 0.365 e. The number of nitro groups is 1. The van der Waals surface area contributed by atoms with Gasteiger partial charge in [0.05, 0.1) is 7.11 Å². The summed E-state index contributed by atoms with van der Waals surface area (Å²) in [5.41, 5.74) is 0.752. The third kappa shape index (κ3) is 2.73. The molecule has 1 N–H and O–H groups in total. The van der Waals surface area contributed by atoms with Crippen LogP contribution in [0.1, 0.15) is 0 Å². The van der Waals surface area contributed by atoms with Crippen molar-refractivity contribution in [2.75, 3.05) is 12.4 Å². The van der Waals surface area contributed by atoms with Gasteiger partial charge in [-0.15, -0.1) is 0 Å². The first-order chi connectivity index (χ1) is 8.69. The number of ether oxygens (including phenoxy) is 1. The Morgan fingerprint density at radius 3 is 2.78 bits per heavy atom. The first-order valence-electron chi connectivity index (χ1n) is 5.21. The molecule has 0 fully saturated rings. The third-order valence-electron chi connectivity index (χ3n) is 2.26. The van der Waals surface area contributed by atoms with Crippen LogP contribution in [0.3, 0.4) is 0 Å². The van der Waals surface area contributed by atoms with Crippen LogP contribution in [-0.4, -0.2) is 17.0 Å². The molecule has 6 nitrogen and oxygen atoms in total. The molecule has 0 radical (unpaired) electrons. The zero-order valence-corrected chi connectivity index (χ0v) is 9.66. The molecule has 0 aliphatic carbocycles. The Bertz CT molecular complexity index is 572. The van der Waals surface area contributed by atoms with Crippen molar-refractivity contribution in [1.82, 2.24) is 4.98 Å². The molecule has 0 atom stereocenters. The Kier molecular flexibility index (Phi) is 3.38. The second-order valence-electron chi connectivity index (χ2n) is 3.50. The van der Waals surface area contributed by atoms with Crippen molar-refractivity contribution in [3.8, 4) is 5.75 Å². The average molecular weight is 245 g/mol. The first kappa shape index (κ1) is 11.8. The van der Waals surface area contributed by atoms with Gasteiger partial charge in [-0.2, -0.15) is 0 Å². The van der Waals surface area contributed by atoms with Gasteiger partial charge in [0.1, 0.15) is 5.75 Å². The van der Waals surface area contributed by atoms with Gasteiger partial charge >= 0.3 is 5.82 Å². The molecule has 18 heavy (non-hydrogen) atoms. The molecule has 1 aromatic carbocycles. The van der Waals surface area contributed by atoms with E-state index >= 15 is 0 Å². The van der Waals surface area contributed by atoms with Gasteiger partial charge in [0.25, 0.3) is 0 Å². The zero-order chi connectivity index (χ0) is 13.0. The van der Waals surface area contributed by atoms with Gasteiger partial charge in [-0.05, 0) is 28.1 Å². The van der Waals surface area contributed by atoms with Crippen LogP contribution in [0.2, 0.25) is 0 Å². The summed E-state index contributed by atoms with van der Waals surface area (Å²) in [6.07, 6.45) is 0. The Morgan fingerprint density at radius 1 is 1.28 bits per heavy atom. The quantitative estimate of drug-likeness (QED) is 0.662. The summed E-state index contributed by atoms with van der Waals surface area (Å²) in [5.74, 6) is 0.922. The maximum absolute atomic E-state index is 10.6. The van der Waals surface area contributed by atoms with Crippen molar-refractivity contribution in [2.24, 2.45) is 0 Å². The molecule has 2 aromatic rings. The largest absolute Gasteiger partial charge is 0.497 e. The Labute approximate surface area is 103 Å². The van der Waals surface area contributed by atoms with Gasteiger partial charge in [-0.3, -0.25) is 0 Å². The molecule has 0 saturated carbocycles. The molecule has 0 spiro atoms. The summed E-state index contributed by atoms with van der Waals surface area (Å²) in [6, 6.07) is 11.8. The fraction of sp³-hybridized carbons (Fsp3) is 0.0833. The first-order valence-corrected chi connectivity index (χ1v) is 5.21. The van der Waals surface area contributed by atoms with E-state index in [1.165, 1.54) is 6.07 Å². The van der Waals surface area contributed by atoms with E-state index in [9.17, 15) is 10.1 Å². The normalized spacial score (nSPS) is 9.83. The Balaban J connectivity index is 2.22. The number of rotatable bonds is 4. The molecule has 2 rings (SSSR count). The second kappa shape index (κ2) is 5.13. The van der Waals surface area contributed by atoms with Crippen molar-refractivity contribution >= 4 is 17.3 Å². The van der Waals surface area contributed by atoms with Crippen molar-refractivity contribution in [1.29, 1.82) is 0 Å². The summed E-state index contributed by atoms with van der Waals surface area (Å²) in [6.45, 7) is 0. The minimum absolute atomic E-state index is 0.192. The molecule has 0 amide bonds. The number of methoxy groups -OCH3 is 1. The molecular weight excluding hydrogens is 234 g/mol. The molecule has 0 aliphatic heterocycles. The molecule has 1 aromatic heterocycles. The molecule has 0 saturated heterocycles. The minimum Gasteiger partial charge on any atom is -0.497 e. The van der Waals surface area contributed by atoms with Crippen LogP contribution < -0.4 is 10.1 Å². The van der Waals surface area contributed by atoms with E-state index in [1.807, 2.05) is 18.2 Å². The van der Waals surface area contributed by atoms with Gasteiger partial charge in [0.2, 0.25) is 5.82 Å². The van der Waals surface area contributed by atoms with Gasteiger partial charge in [-0.1, -0.05) is 6.07 Å².